The summed E-state index contributed by atoms with van der Waals surface area (Å²) in [4.78, 5) is 10.3. The van der Waals surface area contributed by atoms with Crippen LogP contribution in [0.3, 0.4) is 0 Å². The molecule has 6 heteroatoms. The molecule has 0 aromatic carbocycles. The van der Waals surface area contributed by atoms with E-state index in [0.717, 1.165) is 0 Å². The van der Waals surface area contributed by atoms with E-state index in [2.05, 4.69) is 12.6 Å². The highest BCUT2D eigenvalue weighted by Crippen LogP contribution is 2.07. The monoisotopic (exact) mass is 225 g/mol. The van der Waals surface area contributed by atoms with Crippen LogP contribution in [0.2, 0.25) is 0 Å². The van der Waals surface area contributed by atoms with E-state index >= 15 is 0 Å². The molecule has 1 unspecified atom stereocenters. The molecule has 0 aliphatic rings. The van der Waals surface area contributed by atoms with E-state index in [9.17, 15) is 9.90 Å². The standard InChI is InChI=1S/C7H15NO3S2/c8-6(7(10)11)4-13-3-5(9)1-2-12/h5-6,9,12H,1-4,8H2,(H,10,11)/t5?,6-/m0/s1. The summed E-state index contributed by atoms with van der Waals surface area (Å²) in [6.45, 7) is 0. The lowest BCUT2D eigenvalue weighted by atomic mass is 10.3. The van der Waals surface area contributed by atoms with E-state index in [1.807, 2.05) is 0 Å². The summed E-state index contributed by atoms with van der Waals surface area (Å²) in [5, 5.41) is 17.7. The average molecular weight is 225 g/mol. The number of rotatable bonds is 7. The van der Waals surface area contributed by atoms with Crippen molar-refractivity contribution in [3.8, 4) is 0 Å². The number of aliphatic hydroxyl groups excluding tert-OH is 1. The zero-order valence-corrected chi connectivity index (χ0v) is 8.93. The van der Waals surface area contributed by atoms with Gasteiger partial charge in [-0.1, -0.05) is 0 Å². The predicted octanol–water partition coefficient (Wildman–Crippen LogP) is -0.188. The highest BCUT2D eigenvalue weighted by Gasteiger charge is 2.12. The van der Waals surface area contributed by atoms with Crippen molar-refractivity contribution < 1.29 is 15.0 Å². The SMILES string of the molecule is N[C@@H](CSCC(O)CCS)C(=O)O. The summed E-state index contributed by atoms with van der Waals surface area (Å²) in [6, 6.07) is -0.840. The Morgan fingerprint density at radius 3 is 2.62 bits per heavy atom. The first kappa shape index (κ1) is 13.1. The van der Waals surface area contributed by atoms with Gasteiger partial charge in [0, 0.05) is 11.5 Å². The summed E-state index contributed by atoms with van der Waals surface area (Å²) < 4.78 is 0. The van der Waals surface area contributed by atoms with Crippen LogP contribution in [-0.2, 0) is 4.79 Å². The minimum absolute atomic E-state index is 0.332. The number of hydrogen-bond acceptors (Lipinski definition) is 5. The molecule has 0 heterocycles. The predicted molar refractivity (Wildman–Crippen MR) is 57.4 cm³/mol. The molecule has 78 valence electrons. The Balaban J connectivity index is 3.39. The van der Waals surface area contributed by atoms with Crippen molar-refractivity contribution in [2.45, 2.75) is 18.6 Å². The number of aliphatic carboxylic acids is 1. The van der Waals surface area contributed by atoms with Crippen LogP contribution in [0.1, 0.15) is 6.42 Å². The Labute approximate surface area is 87.3 Å². The molecular weight excluding hydrogens is 210 g/mol. The van der Waals surface area contributed by atoms with Gasteiger partial charge >= 0.3 is 5.97 Å². The molecule has 0 aromatic heterocycles. The Bertz CT molecular complexity index is 157. The van der Waals surface area contributed by atoms with Crippen molar-refractivity contribution in [3.63, 3.8) is 0 Å². The maximum atomic E-state index is 10.3. The lowest BCUT2D eigenvalue weighted by Crippen LogP contribution is -2.33. The highest BCUT2D eigenvalue weighted by atomic mass is 32.2. The first-order chi connectivity index (χ1) is 6.07. The van der Waals surface area contributed by atoms with Crippen molar-refractivity contribution in [2.75, 3.05) is 17.3 Å². The lowest BCUT2D eigenvalue weighted by molar-refractivity contribution is -0.137. The number of carbonyl (C=O) groups is 1. The van der Waals surface area contributed by atoms with E-state index in [0.29, 0.717) is 23.7 Å². The molecule has 0 fully saturated rings. The van der Waals surface area contributed by atoms with Gasteiger partial charge in [-0.05, 0) is 12.2 Å². The maximum Gasteiger partial charge on any atom is 0.321 e. The van der Waals surface area contributed by atoms with Gasteiger partial charge in [-0.3, -0.25) is 4.79 Å². The maximum absolute atomic E-state index is 10.3. The van der Waals surface area contributed by atoms with Crippen molar-refractivity contribution in [3.05, 3.63) is 0 Å². The van der Waals surface area contributed by atoms with Gasteiger partial charge in [0.1, 0.15) is 6.04 Å². The second-order valence-electron chi connectivity index (χ2n) is 2.65. The quantitative estimate of drug-likeness (QED) is 0.452. The number of hydrogen-bond donors (Lipinski definition) is 4. The molecule has 13 heavy (non-hydrogen) atoms. The van der Waals surface area contributed by atoms with Crippen LogP contribution in [0.15, 0.2) is 0 Å². The van der Waals surface area contributed by atoms with Gasteiger partial charge in [0.05, 0.1) is 6.10 Å². The van der Waals surface area contributed by atoms with Crippen LogP contribution in [0.4, 0.5) is 0 Å². The minimum Gasteiger partial charge on any atom is -0.480 e. The molecule has 0 bridgehead atoms. The van der Waals surface area contributed by atoms with Gasteiger partial charge < -0.3 is 15.9 Å². The second kappa shape index (κ2) is 7.49. The molecule has 4 nitrogen and oxygen atoms in total. The Morgan fingerprint density at radius 2 is 2.15 bits per heavy atom. The summed E-state index contributed by atoms with van der Waals surface area (Å²) in [5.41, 5.74) is 5.26. The fraction of sp³-hybridized carbons (Fsp3) is 0.857. The molecule has 0 rings (SSSR count). The molecule has 0 amide bonds. The van der Waals surface area contributed by atoms with Crippen LogP contribution in [0, 0.1) is 0 Å². The zero-order valence-electron chi connectivity index (χ0n) is 7.22. The molecule has 0 saturated carbocycles. The fourth-order valence-electron chi connectivity index (χ4n) is 0.635. The van der Waals surface area contributed by atoms with Crippen molar-refractivity contribution in [1.29, 1.82) is 0 Å². The zero-order chi connectivity index (χ0) is 10.3. The third-order valence-corrected chi connectivity index (χ3v) is 2.86. The van der Waals surface area contributed by atoms with Gasteiger partial charge in [-0.2, -0.15) is 24.4 Å². The Kier molecular flexibility index (Phi) is 7.54. The van der Waals surface area contributed by atoms with Crippen LogP contribution in [0.5, 0.6) is 0 Å². The first-order valence-electron chi connectivity index (χ1n) is 3.93. The smallest absolute Gasteiger partial charge is 0.321 e. The number of aliphatic hydroxyl groups is 1. The summed E-state index contributed by atoms with van der Waals surface area (Å²) in [7, 11) is 0. The van der Waals surface area contributed by atoms with Crippen molar-refractivity contribution in [2.24, 2.45) is 5.73 Å². The molecule has 4 N–H and O–H groups in total. The van der Waals surface area contributed by atoms with E-state index in [1.54, 1.807) is 0 Å². The van der Waals surface area contributed by atoms with Crippen LogP contribution in [-0.4, -0.2) is 45.6 Å². The number of nitrogens with two attached hydrogens (primary N) is 1. The molecule has 2 atom stereocenters. The number of thioether (sulfide) groups is 1. The summed E-state index contributed by atoms with van der Waals surface area (Å²) >= 11 is 5.32. The lowest BCUT2D eigenvalue weighted by Gasteiger charge is -2.09. The third-order valence-electron chi connectivity index (χ3n) is 1.39. The third kappa shape index (κ3) is 7.18. The van der Waals surface area contributed by atoms with Gasteiger partial charge in [-0.15, -0.1) is 0 Å². The molecule has 0 aliphatic heterocycles. The number of carboxylic acid groups (broad SMARTS) is 1. The minimum atomic E-state index is -1.00. The second-order valence-corrected chi connectivity index (χ2v) is 4.17. The summed E-state index contributed by atoms with van der Waals surface area (Å²) in [5.74, 6) is 0.476. The van der Waals surface area contributed by atoms with E-state index in [4.69, 9.17) is 10.8 Å². The molecule has 0 saturated heterocycles. The van der Waals surface area contributed by atoms with Gasteiger partial charge in [0.15, 0.2) is 0 Å². The van der Waals surface area contributed by atoms with E-state index in [-0.39, 0.29) is 0 Å². The van der Waals surface area contributed by atoms with Gasteiger partial charge in [-0.25, -0.2) is 0 Å². The molecular formula is C7H15NO3S2. The van der Waals surface area contributed by atoms with Crippen LogP contribution < -0.4 is 5.73 Å². The highest BCUT2D eigenvalue weighted by molar-refractivity contribution is 7.99. The van der Waals surface area contributed by atoms with Gasteiger partial charge in [0.2, 0.25) is 0 Å². The molecule has 0 aliphatic carbocycles. The first-order valence-corrected chi connectivity index (χ1v) is 5.71. The summed E-state index contributed by atoms with van der Waals surface area (Å²) in [6.07, 6.45) is 0.210. The number of carboxylic acids is 1. The largest absolute Gasteiger partial charge is 0.480 e. The Hall–Kier alpha value is 0.0900. The average Bonchev–Trinajstić information content (AvgIpc) is 2.04. The van der Waals surface area contributed by atoms with Crippen molar-refractivity contribution >= 4 is 30.4 Å². The fourth-order valence-corrected chi connectivity index (χ4v) is 1.90. The van der Waals surface area contributed by atoms with E-state index in [1.165, 1.54) is 11.8 Å². The van der Waals surface area contributed by atoms with Crippen LogP contribution in [0.25, 0.3) is 0 Å². The molecule has 0 aromatic rings. The Morgan fingerprint density at radius 1 is 1.54 bits per heavy atom. The van der Waals surface area contributed by atoms with E-state index < -0.39 is 18.1 Å². The van der Waals surface area contributed by atoms with Gasteiger partial charge in [0.25, 0.3) is 0 Å². The van der Waals surface area contributed by atoms with Crippen LogP contribution >= 0.6 is 24.4 Å². The topological polar surface area (TPSA) is 83.5 Å². The molecule has 0 spiro atoms. The normalized spacial score (nSPS) is 15.3. The molecule has 0 radical (unpaired) electrons. The van der Waals surface area contributed by atoms with Crippen molar-refractivity contribution in [1.82, 2.24) is 0 Å². The number of thiol groups is 1.